The van der Waals surface area contributed by atoms with E-state index >= 15 is 0 Å². The fraction of sp³-hybridized carbons (Fsp3) is 0.833. The van der Waals surface area contributed by atoms with Gasteiger partial charge in [-0.2, -0.15) is 0 Å². The Labute approximate surface area is 114 Å². The van der Waals surface area contributed by atoms with Crippen LogP contribution in [-0.2, 0) is 9.59 Å². The number of likely N-dealkylation sites (tertiary alicyclic amines) is 1. The summed E-state index contributed by atoms with van der Waals surface area (Å²) >= 11 is 0. The lowest BCUT2D eigenvalue weighted by Crippen LogP contribution is -2.50. The Bertz CT molecular complexity index is 293. The Kier molecular flexibility index (Phi) is 6.43. The highest BCUT2D eigenvalue weighted by Gasteiger charge is 2.23. The van der Waals surface area contributed by atoms with Gasteiger partial charge in [-0.05, 0) is 12.8 Å². The van der Waals surface area contributed by atoms with Gasteiger partial charge in [-0.3, -0.25) is 9.59 Å². The van der Waals surface area contributed by atoms with Crippen LogP contribution in [0.15, 0.2) is 0 Å². The second-order valence-corrected chi connectivity index (χ2v) is 4.76. The molecule has 0 aliphatic carbocycles. The normalized spacial score (nSPS) is 21.2. The Morgan fingerprint density at radius 3 is 2.56 bits per heavy atom. The molecular formula is C12H22ClN3O2. The minimum atomic E-state index is 0. The van der Waals surface area contributed by atoms with E-state index in [-0.39, 0.29) is 30.8 Å². The summed E-state index contributed by atoms with van der Waals surface area (Å²) < 4.78 is 0. The van der Waals surface area contributed by atoms with Crippen LogP contribution in [-0.4, -0.2) is 60.9 Å². The second-order valence-electron chi connectivity index (χ2n) is 4.76. The quantitative estimate of drug-likeness (QED) is 0.786. The molecule has 0 saturated carbocycles. The molecule has 2 aliphatic rings. The number of carbonyl (C=O) groups excluding carboxylic acids is 2. The second kappa shape index (κ2) is 7.59. The molecule has 0 radical (unpaired) electrons. The van der Waals surface area contributed by atoms with Gasteiger partial charge in [-0.25, -0.2) is 0 Å². The average molecular weight is 276 g/mol. The lowest BCUT2D eigenvalue weighted by atomic mass is 10.2. The summed E-state index contributed by atoms with van der Waals surface area (Å²) in [4.78, 5) is 27.4. The van der Waals surface area contributed by atoms with Crippen LogP contribution in [0.4, 0.5) is 0 Å². The average Bonchev–Trinajstić information content (AvgIpc) is 2.56. The monoisotopic (exact) mass is 275 g/mol. The van der Waals surface area contributed by atoms with Crippen molar-refractivity contribution in [2.45, 2.75) is 25.7 Å². The molecule has 2 fully saturated rings. The van der Waals surface area contributed by atoms with Gasteiger partial charge < -0.3 is 15.1 Å². The van der Waals surface area contributed by atoms with Crippen LogP contribution >= 0.6 is 12.4 Å². The van der Waals surface area contributed by atoms with Gasteiger partial charge in [0.2, 0.25) is 11.8 Å². The predicted octanol–water partition coefficient (Wildman–Crippen LogP) is 0.243. The maximum atomic E-state index is 12.0. The van der Waals surface area contributed by atoms with Crippen molar-refractivity contribution in [3.8, 4) is 0 Å². The molecular weight excluding hydrogens is 254 g/mol. The Morgan fingerprint density at radius 2 is 1.83 bits per heavy atom. The molecule has 2 saturated heterocycles. The summed E-state index contributed by atoms with van der Waals surface area (Å²) in [5.41, 5.74) is 0. The van der Waals surface area contributed by atoms with Gasteiger partial charge in [0.1, 0.15) is 0 Å². The molecule has 0 aromatic carbocycles. The van der Waals surface area contributed by atoms with Crippen LogP contribution in [0.1, 0.15) is 25.7 Å². The number of piperazine rings is 1. The van der Waals surface area contributed by atoms with E-state index in [1.807, 2.05) is 4.90 Å². The lowest BCUT2D eigenvalue weighted by Gasteiger charge is -2.30. The molecule has 6 heteroatoms. The van der Waals surface area contributed by atoms with Gasteiger partial charge in [0.05, 0.1) is 6.54 Å². The first-order valence-electron chi connectivity index (χ1n) is 6.53. The third-order valence-electron chi connectivity index (χ3n) is 3.47. The maximum absolute atomic E-state index is 12.0. The molecule has 5 nitrogen and oxygen atoms in total. The molecule has 2 amide bonds. The number of rotatable bonds is 2. The predicted molar refractivity (Wildman–Crippen MR) is 71.7 cm³/mol. The number of hydrogen-bond acceptors (Lipinski definition) is 3. The van der Waals surface area contributed by atoms with Crippen molar-refractivity contribution in [3.05, 3.63) is 0 Å². The van der Waals surface area contributed by atoms with E-state index in [0.29, 0.717) is 6.42 Å². The summed E-state index contributed by atoms with van der Waals surface area (Å²) in [7, 11) is 0. The van der Waals surface area contributed by atoms with E-state index in [2.05, 4.69) is 5.32 Å². The first-order chi connectivity index (χ1) is 8.27. The Morgan fingerprint density at radius 1 is 1.11 bits per heavy atom. The van der Waals surface area contributed by atoms with E-state index in [1.165, 1.54) is 0 Å². The van der Waals surface area contributed by atoms with Crippen molar-refractivity contribution >= 4 is 24.2 Å². The summed E-state index contributed by atoms with van der Waals surface area (Å²) in [6.45, 7) is 4.27. The molecule has 1 N–H and O–H groups in total. The van der Waals surface area contributed by atoms with Crippen molar-refractivity contribution in [2.75, 3.05) is 39.3 Å². The fourth-order valence-electron chi connectivity index (χ4n) is 2.38. The number of hydrogen-bond donors (Lipinski definition) is 1. The van der Waals surface area contributed by atoms with E-state index in [1.54, 1.807) is 4.90 Å². The molecule has 0 bridgehead atoms. The Hall–Kier alpha value is -0.810. The van der Waals surface area contributed by atoms with Gasteiger partial charge in [-0.1, -0.05) is 6.42 Å². The van der Waals surface area contributed by atoms with Gasteiger partial charge in [-0.15, -0.1) is 12.4 Å². The highest BCUT2D eigenvalue weighted by atomic mass is 35.5. The summed E-state index contributed by atoms with van der Waals surface area (Å²) in [5, 5.41) is 3.22. The lowest BCUT2D eigenvalue weighted by molar-refractivity contribution is -0.140. The zero-order valence-electron chi connectivity index (χ0n) is 10.7. The van der Waals surface area contributed by atoms with Crippen LogP contribution in [0.3, 0.4) is 0 Å². The van der Waals surface area contributed by atoms with Gasteiger partial charge >= 0.3 is 0 Å². The molecule has 0 aromatic rings. The van der Waals surface area contributed by atoms with Crippen molar-refractivity contribution in [1.29, 1.82) is 0 Å². The molecule has 0 unspecified atom stereocenters. The van der Waals surface area contributed by atoms with Crippen LogP contribution in [0, 0.1) is 0 Å². The van der Waals surface area contributed by atoms with Crippen molar-refractivity contribution in [2.24, 2.45) is 0 Å². The van der Waals surface area contributed by atoms with Crippen molar-refractivity contribution < 1.29 is 9.59 Å². The number of amides is 2. The molecule has 2 rings (SSSR count). The van der Waals surface area contributed by atoms with Crippen LogP contribution in [0.25, 0.3) is 0 Å². The number of nitrogens with one attached hydrogen (secondary N) is 1. The van der Waals surface area contributed by atoms with Gasteiger partial charge in [0.25, 0.3) is 0 Å². The highest BCUT2D eigenvalue weighted by molar-refractivity contribution is 5.85. The van der Waals surface area contributed by atoms with E-state index in [0.717, 1.165) is 52.0 Å². The molecule has 0 aromatic heterocycles. The van der Waals surface area contributed by atoms with Crippen LogP contribution < -0.4 is 5.32 Å². The number of nitrogens with zero attached hydrogens (tertiary/aromatic N) is 2. The van der Waals surface area contributed by atoms with E-state index in [9.17, 15) is 9.59 Å². The molecule has 2 aliphatic heterocycles. The summed E-state index contributed by atoms with van der Waals surface area (Å²) in [6.07, 6.45) is 3.70. The largest absolute Gasteiger partial charge is 0.339 e. The molecule has 18 heavy (non-hydrogen) atoms. The third-order valence-corrected chi connectivity index (χ3v) is 3.47. The number of halogens is 1. The topological polar surface area (TPSA) is 52.7 Å². The van der Waals surface area contributed by atoms with Crippen LogP contribution in [0.5, 0.6) is 0 Å². The first kappa shape index (κ1) is 15.2. The van der Waals surface area contributed by atoms with Gasteiger partial charge in [0.15, 0.2) is 0 Å². The molecule has 2 heterocycles. The van der Waals surface area contributed by atoms with Crippen LogP contribution in [0.2, 0.25) is 0 Å². The zero-order valence-corrected chi connectivity index (χ0v) is 11.5. The Balaban J connectivity index is 0.00000162. The smallest absolute Gasteiger partial charge is 0.242 e. The van der Waals surface area contributed by atoms with E-state index < -0.39 is 0 Å². The molecule has 104 valence electrons. The summed E-state index contributed by atoms with van der Waals surface area (Å²) in [5.74, 6) is 0.243. The standard InChI is InChI=1S/C12H21N3O2.ClH/c16-11-4-2-1-3-7-15(11)10-12(17)14-8-5-13-6-9-14;/h13H,1-10H2;1H. The number of carbonyl (C=O) groups is 2. The molecule has 0 spiro atoms. The van der Waals surface area contributed by atoms with Crippen molar-refractivity contribution in [1.82, 2.24) is 15.1 Å². The van der Waals surface area contributed by atoms with Crippen molar-refractivity contribution in [3.63, 3.8) is 0 Å². The highest BCUT2D eigenvalue weighted by Crippen LogP contribution is 2.11. The minimum absolute atomic E-state index is 0. The SMILES string of the molecule is Cl.O=C(CN1CCCCCC1=O)N1CCNCC1. The maximum Gasteiger partial charge on any atom is 0.242 e. The van der Waals surface area contributed by atoms with E-state index in [4.69, 9.17) is 0 Å². The summed E-state index contributed by atoms with van der Waals surface area (Å²) in [6, 6.07) is 0. The fourth-order valence-corrected chi connectivity index (χ4v) is 2.38. The first-order valence-corrected chi connectivity index (χ1v) is 6.53. The zero-order chi connectivity index (χ0) is 12.1. The minimum Gasteiger partial charge on any atom is -0.339 e. The third kappa shape index (κ3) is 4.14. The van der Waals surface area contributed by atoms with Gasteiger partial charge in [0, 0.05) is 39.1 Å². The molecule has 0 atom stereocenters.